The minimum atomic E-state index is -3.61. The predicted octanol–water partition coefficient (Wildman–Crippen LogP) is 3.64. The molecule has 1 aromatic carbocycles. The van der Waals surface area contributed by atoms with E-state index in [2.05, 4.69) is 19.2 Å². The van der Waals surface area contributed by atoms with Crippen LogP contribution < -0.4 is 5.32 Å². The summed E-state index contributed by atoms with van der Waals surface area (Å²) in [5.41, 5.74) is 3.88. The molecule has 1 N–H and O–H groups in total. The highest BCUT2D eigenvalue weighted by Crippen LogP contribution is 2.24. The molecular formula is C23H36N2O4S. The van der Waals surface area contributed by atoms with Crippen LogP contribution >= 0.6 is 0 Å². The Morgan fingerprint density at radius 1 is 1.10 bits per heavy atom. The summed E-state index contributed by atoms with van der Waals surface area (Å²) < 4.78 is 25.4. The molecule has 168 valence electrons. The third kappa shape index (κ3) is 6.30. The molecule has 0 bridgehead atoms. The summed E-state index contributed by atoms with van der Waals surface area (Å²) in [5.74, 6) is 0.0645. The van der Waals surface area contributed by atoms with Gasteiger partial charge in [-0.15, -0.1) is 0 Å². The molecule has 1 heterocycles. The van der Waals surface area contributed by atoms with Crippen molar-refractivity contribution in [2.45, 2.75) is 66.1 Å². The number of anilines is 1. The zero-order valence-corrected chi connectivity index (χ0v) is 19.9. The fraction of sp³-hybridized carbons (Fsp3) is 0.652. The molecule has 0 aromatic heterocycles. The van der Waals surface area contributed by atoms with Gasteiger partial charge < -0.3 is 10.2 Å². The van der Waals surface area contributed by atoms with Crippen molar-refractivity contribution in [1.82, 2.24) is 4.90 Å². The van der Waals surface area contributed by atoms with Gasteiger partial charge in [0.2, 0.25) is 11.8 Å². The highest BCUT2D eigenvalue weighted by atomic mass is 32.2. The Balaban J connectivity index is 1.90. The van der Waals surface area contributed by atoms with Crippen LogP contribution in [-0.4, -0.2) is 49.2 Å². The Hall–Kier alpha value is -1.89. The standard InChI is InChI=1S/C23H36N2O4S/c1-15-11-18(4)22(19(5)12-15)24-21(26)8-7-9-30(28,29)20(6)23(27)25-13-16(2)10-17(3)14-25/h11-12,16-17,20H,7-10,13-14H2,1-6H3,(H,24,26)/t16-,17-,20+/m0/s1. The van der Waals surface area contributed by atoms with Gasteiger partial charge in [-0.25, -0.2) is 8.42 Å². The lowest BCUT2D eigenvalue weighted by Gasteiger charge is -2.36. The number of amides is 2. The second-order valence-electron chi connectivity index (χ2n) is 9.12. The molecule has 0 unspecified atom stereocenters. The average molecular weight is 437 g/mol. The van der Waals surface area contributed by atoms with Crippen LogP contribution in [0.2, 0.25) is 0 Å². The summed E-state index contributed by atoms with van der Waals surface area (Å²) in [6.07, 6.45) is 1.35. The van der Waals surface area contributed by atoms with Crippen molar-refractivity contribution in [3.05, 3.63) is 28.8 Å². The predicted molar refractivity (Wildman–Crippen MR) is 121 cm³/mol. The van der Waals surface area contributed by atoms with Gasteiger partial charge >= 0.3 is 0 Å². The number of benzene rings is 1. The van der Waals surface area contributed by atoms with Crippen LogP contribution in [0.3, 0.4) is 0 Å². The summed E-state index contributed by atoms with van der Waals surface area (Å²) in [5, 5.41) is 1.83. The smallest absolute Gasteiger partial charge is 0.240 e. The number of hydrogen-bond acceptors (Lipinski definition) is 4. The average Bonchev–Trinajstić information content (AvgIpc) is 2.62. The number of rotatable bonds is 7. The largest absolute Gasteiger partial charge is 0.341 e. The van der Waals surface area contributed by atoms with E-state index in [1.165, 1.54) is 6.92 Å². The molecular weight excluding hydrogens is 400 g/mol. The summed E-state index contributed by atoms with van der Waals surface area (Å²) in [6, 6.07) is 4.01. The number of carbonyl (C=O) groups is 2. The molecule has 6 nitrogen and oxygen atoms in total. The van der Waals surface area contributed by atoms with Crippen LogP contribution in [0.1, 0.15) is 56.7 Å². The highest BCUT2D eigenvalue weighted by molar-refractivity contribution is 7.92. The fourth-order valence-electron chi connectivity index (χ4n) is 4.44. The fourth-order valence-corrected chi connectivity index (χ4v) is 5.80. The normalized spacial score (nSPS) is 20.7. The molecule has 0 spiro atoms. The van der Waals surface area contributed by atoms with E-state index >= 15 is 0 Å². The van der Waals surface area contributed by atoms with Crippen LogP contribution in [0.4, 0.5) is 5.69 Å². The van der Waals surface area contributed by atoms with Crippen LogP contribution in [-0.2, 0) is 19.4 Å². The first-order chi connectivity index (χ1) is 13.9. The number of hydrogen-bond donors (Lipinski definition) is 1. The van der Waals surface area contributed by atoms with Crippen molar-refractivity contribution in [2.24, 2.45) is 11.8 Å². The van der Waals surface area contributed by atoms with Gasteiger partial charge in [0.05, 0.1) is 5.75 Å². The molecule has 1 aliphatic rings. The zero-order chi connectivity index (χ0) is 22.6. The Labute approximate surface area is 181 Å². The van der Waals surface area contributed by atoms with Gasteiger partial charge in [0.25, 0.3) is 0 Å². The molecule has 2 rings (SSSR count). The van der Waals surface area contributed by atoms with Crippen molar-refractivity contribution in [3.8, 4) is 0 Å². The van der Waals surface area contributed by atoms with Gasteiger partial charge in [-0.2, -0.15) is 0 Å². The topological polar surface area (TPSA) is 83.5 Å². The second kappa shape index (κ2) is 9.94. The van der Waals surface area contributed by atoms with Gasteiger partial charge in [0.1, 0.15) is 5.25 Å². The van der Waals surface area contributed by atoms with E-state index in [1.807, 2.05) is 32.9 Å². The minimum Gasteiger partial charge on any atom is -0.341 e. The molecule has 3 atom stereocenters. The number of likely N-dealkylation sites (tertiary alicyclic amines) is 1. The first-order valence-electron chi connectivity index (χ1n) is 10.8. The van der Waals surface area contributed by atoms with Crippen molar-refractivity contribution in [1.29, 1.82) is 0 Å². The van der Waals surface area contributed by atoms with Gasteiger partial charge in [0.15, 0.2) is 9.84 Å². The van der Waals surface area contributed by atoms with E-state index in [0.717, 1.165) is 28.8 Å². The van der Waals surface area contributed by atoms with Crippen LogP contribution in [0.5, 0.6) is 0 Å². The summed E-state index contributed by atoms with van der Waals surface area (Å²) in [6.45, 7) is 12.8. The minimum absolute atomic E-state index is 0.102. The monoisotopic (exact) mass is 436 g/mol. The van der Waals surface area contributed by atoms with Crippen LogP contribution in [0, 0.1) is 32.6 Å². The number of piperidine rings is 1. The lowest BCUT2D eigenvalue weighted by molar-refractivity contribution is -0.133. The first kappa shape index (κ1) is 24.4. The third-order valence-corrected chi connectivity index (χ3v) is 7.98. The SMILES string of the molecule is Cc1cc(C)c(NC(=O)CCCS(=O)(=O)[C@H](C)C(=O)N2C[C@@H](C)C[C@H](C)C2)c(C)c1. The number of sulfone groups is 1. The molecule has 1 aromatic rings. The molecule has 2 amide bonds. The Kier molecular flexibility index (Phi) is 8.08. The lowest BCUT2D eigenvalue weighted by atomic mass is 9.92. The summed E-state index contributed by atoms with van der Waals surface area (Å²) in [4.78, 5) is 26.8. The summed E-state index contributed by atoms with van der Waals surface area (Å²) in [7, 11) is -3.61. The van der Waals surface area contributed by atoms with Crippen molar-refractivity contribution >= 4 is 27.3 Å². The molecule has 0 radical (unpaired) electrons. The second-order valence-corrected chi connectivity index (χ2v) is 11.6. The Morgan fingerprint density at radius 2 is 1.63 bits per heavy atom. The first-order valence-corrected chi connectivity index (χ1v) is 12.5. The van der Waals surface area contributed by atoms with E-state index in [4.69, 9.17) is 0 Å². The number of carbonyl (C=O) groups excluding carboxylic acids is 2. The molecule has 0 aliphatic carbocycles. The van der Waals surface area contributed by atoms with E-state index in [1.54, 1.807) is 4.90 Å². The molecule has 7 heteroatoms. The maximum absolute atomic E-state index is 12.7. The van der Waals surface area contributed by atoms with Gasteiger partial charge in [-0.1, -0.05) is 31.5 Å². The molecule has 1 saturated heterocycles. The molecule has 1 fully saturated rings. The quantitative estimate of drug-likeness (QED) is 0.707. The van der Waals surface area contributed by atoms with E-state index in [0.29, 0.717) is 24.9 Å². The van der Waals surface area contributed by atoms with E-state index in [9.17, 15) is 18.0 Å². The molecule has 30 heavy (non-hydrogen) atoms. The maximum Gasteiger partial charge on any atom is 0.240 e. The summed E-state index contributed by atoms with van der Waals surface area (Å²) >= 11 is 0. The molecule has 1 aliphatic heterocycles. The Morgan fingerprint density at radius 3 is 2.17 bits per heavy atom. The van der Waals surface area contributed by atoms with Crippen molar-refractivity contribution in [3.63, 3.8) is 0 Å². The number of aryl methyl sites for hydroxylation is 3. The van der Waals surface area contributed by atoms with Gasteiger partial charge in [0, 0.05) is 25.2 Å². The number of nitrogens with zero attached hydrogens (tertiary/aromatic N) is 1. The Bertz CT molecular complexity index is 861. The van der Waals surface area contributed by atoms with Gasteiger partial charge in [-0.05, 0) is 63.5 Å². The zero-order valence-electron chi connectivity index (χ0n) is 19.1. The van der Waals surface area contributed by atoms with Crippen molar-refractivity contribution in [2.75, 3.05) is 24.2 Å². The number of nitrogens with one attached hydrogen (secondary N) is 1. The van der Waals surface area contributed by atoms with E-state index in [-0.39, 0.29) is 30.4 Å². The lowest BCUT2D eigenvalue weighted by Crippen LogP contribution is -2.48. The third-order valence-electron chi connectivity index (χ3n) is 5.84. The maximum atomic E-state index is 12.7. The van der Waals surface area contributed by atoms with Crippen LogP contribution in [0.25, 0.3) is 0 Å². The van der Waals surface area contributed by atoms with Crippen LogP contribution in [0.15, 0.2) is 12.1 Å². The van der Waals surface area contributed by atoms with Gasteiger partial charge in [-0.3, -0.25) is 9.59 Å². The highest BCUT2D eigenvalue weighted by Gasteiger charge is 2.34. The van der Waals surface area contributed by atoms with E-state index < -0.39 is 15.1 Å². The van der Waals surface area contributed by atoms with Crippen molar-refractivity contribution < 1.29 is 18.0 Å². The molecule has 0 saturated carbocycles.